The summed E-state index contributed by atoms with van der Waals surface area (Å²) in [5, 5.41) is 21.9. The average molecular weight is 274 g/mol. The third-order valence-corrected chi connectivity index (χ3v) is 3.92. The minimum Gasteiger partial charge on any atom is -0.490 e. The zero-order chi connectivity index (χ0) is 14.8. The van der Waals surface area contributed by atoms with Crippen molar-refractivity contribution >= 4 is 10.8 Å². The van der Waals surface area contributed by atoms with Gasteiger partial charge in [-0.05, 0) is 29.7 Å². The van der Waals surface area contributed by atoms with Crippen LogP contribution in [0.25, 0.3) is 10.8 Å². The van der Waals surface area contributed by atoms with E-state index in [1.165, 1.54) is 0 Å². The molecule has 0 radical (unpaired) electrons. The molecule has 0 saturated carbocycles. The summed E-state index contributed by atoms with van der Waals surface area (Å²) in [6, 6.07) is 11.7. The molecule has 1 unspecified atom stereocenters. The van der Waals surface area contributed by atoms with E-state index in [2.05, 4.69) is 0 Å². The Labute approximate surface area is 119 Å². The highest BCUT2D eigenvalue weighted by Crippen LogP contribution is 2.29. The summed E-state index contributed by atoms with van der Waals surface area (Å²) in [5.41, 5.74) is -0.124. The minimum atomic E-state index is -0.891. The fourth-order valence-corrected chi connectivity index (χ4v) is 2.00. The average Bonchev–Trinajstić information content (AvgIpc) is 2.44. The van der Waals surface area contributed by atoms with Crippen LogP contribution < -0.4 is 4.74 Å². The Kier molecular flexibility index (Phi) is 4.31. The molecule has 2 N–H and O–H groups in total. The standard InChI is InChI=1S/C17H22O3/c1-12(2)17(3,19)11-20-16-9-8-13-6-4-5-7-14(13)15(16)10-18/h4-9,12,18-19H,10-11H2,1-3H3. The molecule has 0 aliphatic heterocycles. The zero-order valence-corrected chi connectivity index (χ0v) is 12.3. The molecule has 3 nitrogen and oxygen atoms in total. The first kappa shape index (κ1) is 14.8. The van der Waals surface area contributed by atoms with Crippen molar-refractivity contribution < 1.29 is 14.9 Å². The lowest BCUT2D eigenvalue weighted by atomic mass is 9.93. The third kappa shape index (κ3) is 2.94. The molecule has 3 heteroatoms. The number of benzene rings is 2. The first-order chi connectivity index (χ1) is 9.45. The van der Waals surface area contributed by atoms with E-state index < -0.39 is 5.60 Å². The summed E-state index contributed by atoms with van der Waals surface area (Å²) >= 11 is 0. The van der Waals surface area contributed by atoms with Gasteiger partial charge in [-0.3, -0.25) is 0 Å². The first-order valence-electron chi connectivity index (χ1n) is 6.92. The predicted octanol–water partition coefficient (Wildman–Crippen LogP) is 3.12. The summed E-state index contributed by atoms with van der Waals surface area (Å²) in [6.45, 7) is 5.79. The lowest BCUT2D eigenvalue weighted by Gasteiger charge is -2.28. The molecule has 0 heterocycles. The van der Waals surface area contributed by atoms with Crippen molar-refractivity contribution in [3.8, 4) is 5.75 Å². The molecule has 2 aromatic carbocycles. The van der Waals surface area contributed by atoms with Crippen molar-refractivity contribution in [1.29, 1.82) is 0 Å². The molecule has 0 aromatic heterocycles. The molecular formula is C17H22O3. The lowest BCUT2D eigenvalue weighted by Crippen LogP contribution is -2.38. The topological polar surface area (TPSA) is 49.7 Å². The van der Waals surface area contributed by atoms with E-state index in [1.54, 1.807) is 6.92 Å². The van der Waals surface area contributed by atoms with Gasteiger partial charge in [-0.2, -0.15) is 0 Å². The number of rotatable bonds is 5. The first-order valence-corrected chi connectivity index (χ1v) is 6.92. The van der Waals surface area contributed by atoms with Crippen LogP contribution in [0.1, 0.15) is 26.3 Å². The van der Waals surface area contributed by atoms with Gasteiger partial charge in [0.2, 0.25) is 0 Å². The molecule has 20 heavy (non-hydrogen) atoms. The summed E-state index contributed by atoms with van der Waals surface area (Å²) < 4.78 is 5.75. The quantitative estimate of drug-likeness (QED) is 0.880. The van der Waals surface area contributed by atoms with Crippen LogP contribution in [0.2, 0.25) is 0 Å². The van der Waals surface area contributed by atoms with Gasteiger partial charge in [0, 0.05) is 5.56 Å². The molecule has 108 valence electrons. The fourth-order valence-electron chi connectivity index (χ4n) is 2.00. The molecule has 0 bridgehead atoms. The van der Waals surface area contributed by atoms with Crippen molar-refractivity contribution in [1.82, 2.24) is 0 Å². The van der Waals surface area contributed by atoms with E-state index in [4.69, 9.17) is 4.74 Å². The van der Waals surface area contributed by atoms with Gasteiger partial charge in [0.25, 0.3) is 0 Å². The fraction of sp³-hybridized carbons (Fsp3) is 0.412. The van der Waals surface area contributed by atoms with Gasteiger partial charge in [-0.25, -0.2) is 0 Å². The van der Waals surface area contributed by atoms with Crippen LogP contribution in [0.15, 0.2) is 36.4 Å². The summed E-state index contributed by atoms with van der Waals surface area (Å²) in [6.07, 6.45) is 0. The molecule has 0 fully saturated rings. The molecule has 2 aromatic rings. The molecule has 0 amide bonds. The largest absolute Gasteiger partial charge is 0.490 e. The van der Waals surface area contributed by atoms with Crippen LogP contribution in [-0.2, 0) is 6.61 Å². The number of hydrogen-bond acceptors (Lipinski definition) is 3. The third-order valence-electron chi connectivity index (χ3n) is 3.92. The highest BCUT2D eigenvalue weighted by atomic mass is 16.5. The Balaban J connectivity index is 2.31. The van der Waals surface area contributed by atoms with E-state index in [0.29, 0.717) is 5.75 Å². The summed E-state index contributed by atoms with van der Waals surface area (Å²) in [4.78, 5) is 0. The van der Waals surface area contributed by atoms with Gasteiger partial charge in [0.1, 0.15) is 12.4 Å². The molecule has 0 aliphatic rings. The number of fused-ring (bicyclic) bond motifs is 1. The van der Waals surface area contributed by atoms with Gasteiger partial charge in [0.15, 0.2) is 0 Å². The van der Waals surface area contributed by atoms with Gasteiger partial charge in [-0.1, -0.05) is 44.2 Å². The molecule has 1 atom stereocenters. The van der Waals surface area contributed by atoms with Crippen molar-refractivity contribution in [3.63, 3.8) is 0 Å². The van der Waals surface area contributed by atoms with Crippen LogP contribution in [-0.4, -0.2) is 22.4 Å². The Bertz CT molecular complexity index is 588. The van der Waals surface area contributed by atoms with Crippen LogP contribution in [0.3, 0.4) is 0 Å². The maximum absolute atomic E-state index is 10.2. The molecule has 2 rings (SSSR count). The normalized spacial score (nSPS) is 14.5. The van der Waals surface area contributed by atoms with Crippen molar-refractivity contribution in [2.24, 2.45) is 5.92 Å². The smallest absolute Gasteiger partial charge is 0.125 e. The van der Waals surface area contributed by atoms with Crippen molar-refractivity contribution in [2.75, 3.05) is 6.61 Å². The Morgan fingerprint density at radius 2 is 1.85 bits per heavy atom. The SMILES string of the molecule is CC(C)C(C)(O)COc1ccc2ccccc2c1CO. The van der Waals surface area contributed by atoms with Gasteiger partial charge < -0.3 is 14.9 Å². The van der Waals surface area contributed by atoms with E-state index >= 15 is 0 Å². The Morgan fingerprint density at radius 1 is 1.15 bits per heavy atom. The van der Waals surface area contributed by atoms with E-state index in [1.807, 2.05) is 50.2 Å². The second-order valence-electron chi connectivity index (χ2n) is 5.72. The predicted molar refractivity (Wildman–Crippen MR) is 80.8 cm³/mol. The van der Waals surface area contributed by atoms with Crippen LogP contribution in [0.5, 0.6) is 5.75 Å². The second kappa shape index (κ2) is 5.81. The Morgan fingerprint density at radius 3 is 2.50 bits per heavy atom. The maximum Gasteiger partial charge on any atom is 0.125 e. The van der Waals surface area contributed by atoms with Crippen LogP contribution in [0.4, 0.5) is 0 Å². The maximum atomic E-state index is 10.2. The lowest BCUT2D eigenvalue weighted by molar-refractivity contribution is -0.0270. The van der Waals surface area contributed by atoms with E-state index in [-0.39, 0.29) is 19.1 Å². The van der Waals surface area contributed by atoms with Crippen molar-refractivity contribution in [3.05, 3.63) is 42.0 Å². The van der Waals surface area contributed by atoms with Gasteiger partial charge in [-0.15, -0.1) is 0 Å². The van der Waals surface area contributed by atoms with E-state index in [9.17, 15) is 10.2 Å². The minimum absolute atomic E-state index is 0.0828. The van der Waals surface area contributed by atoms with Crippen molar-refractivity contribution in [2.45, 2.75) is 33.0 Å². The number of aliphatic hydroxyl groups is 2. The van der Waals surface area contributed by atoms with Crippen LogP contribution in [0, 0.1) is 5.92 Å². The molecule has 0 saturated heterocycles. The molecule has 0 aliphatic carbocycles. The monoisotopic (exact) mass is 274 g/mol. The van der Waals surface area contributed by atoms with Gasteiger partial charge >= 0.3 is 0 Å². The number of hydrogen-bond donors (Lipinski definition) is 2. The molecular weight excluding hydrogens is 252 g/mol. The van der Waals surface area contributed by atoms with E-state index in [0.717, 1.165) is 16.3 Å². The second-order valence-corrected chi connectivity index (χ2v) is 5.72. The highest BCUT2D eigenvalue weighted by molar-refractivity contribution is 5.87. The molecule has 0 spiro atoms. The highest BCUT2D eigenvalue weighted by Gasteiger charge is 2.26. The summed E-state index contributed by atoms with van der Waals surface area (Å²) in [5.74, 6) is 0.729. The van der Waals surface area contributed by atoms with Crippen LogP contribution >= 0.6 is 0 Å². The van der Waals surface area contributed by atoms with Gasteiger partial charge in [0.05, 0.1) is 12.2 Å². The number of ether oxygens (including phenoxy) is 1. The Hall–Kier alpha value is -1.58. The summed E-state index contributed by atoms with van der Waals surface area (Å²) in [7, 11) is 0. The zero-order valence-electron chi connectivity index (χ0n) is 12.3. The number of aliphatic hydroxyl groups excluding tert-OH is 1.